The number of aromatic nitrogens is 1. The number of benzene rings is 1. The van der Waals surface area contributed by atoms with Crippen LogP contribution in [0.25, 0.3) is 11.6 Å². The molecule has 0 spiro atoms. The van der Waals surface area contributed by atoms with Crippen LogP contribution in [0, 0.1) is 12.7 Å². The summed E-state index contributed by atoms with van der Waals surface area (Å²) >= 11 is 0. The summed E-state index contributed by atoms with van der Waals surface area (Å²) in [7, 11) is 0. The Morgan fingerprint density at radius 1 is 1.25 bits per heavy atom. The zero-order chi connectivity index (χ0) is 20.3. The van der Waals surface area contributed by atoms with Gasteiger partial charge < -0.3 is 20.5 Å². The number of aryl methyl sites for hydroxylation is 1. The number of carbonyl (C=O) groups is 2. The van der Waals surface area contributed by atoms with E-state index in [2.05, 4.69) is 34.4 Å². The van der Waals surface area contributed by atoms with Gasteiger partial charge in [0, 0.05) is 35.7 Å². The second kappa shape index (κ2) is 8.39. The normalized spacial score (nSPS) is 14.5. The molecule has 0 fully saturated rings. The van der Waals surface area contributed by atoms with Crippen LogP contribution < -0.4 is 10.6 Å². The summed E-state index contributed by atoms with van der Waals surface area (Å²) in [4.78, 5) is 30.1. The molecular formula is C21H25FN4O2. The van der Waals surface area contributed by atoms with Gasteiger partial charge >= 0.3 is 0 Å². The van der Waals surface area contributed by atoms with Gasteiger partial charge in [-0.25, -0.2) is 4.39 Å². The zero-order valence-electron chi connectivity index (χ0n) is 16.4. The molecule has 0 atom stereocenters. The third kappa shape index (κ3) is 4.14. The number of likely N-dealkylation sites (N-methyl/N-ethyl adjacent to an activating group) is 1. The van der Waals surface area contributed by atoms with Crippen LogP contribution in [0.4, 0.5) is 10.1 Å². The summed E-state index contributed by atoms with van der Waals surface area (Å²) in [6.07, 6.45) is 1.64. The number of carbonyl (C=O) groups excluding carboxylic acids is 2. The number of H-pyrrole nitrogens is 1. The fourth-order valence-electron chi connectivity index (χ4n) is 3.32. The molecule has 3 N–H and O–H groups in total. The molecule has 0 saturated carbocycles. The van der Waals surface area contributed by atoms with Gasteiger partial charge in [0.15, 0.2) is 0 Å². The highest BCUT2D eigenvalue weighted by Crippen LogP contribution is 2.33. The molecule has 28 heavy (non-hydrogen) atoms. The number of amides is 2. The van der Waals surface area contributed by atoms with Crippen molar-refractivity contribution in [1.29, 1.82) is 0 Å². The predicted molar refractivity (Wildman–Crippen MR) is 109 cm³/mol. The molecule has 2 amide bonds. The molecule has 7 heteroatoms. The molecule has 6 nitrogen and oxygen atoms in total. The molecule has 0 radical (unpaired) electrons. The third-order valence-corrected chi connectivity index (χ3v) is 4.95. The minimum Gasteiger partial charge on any atom is -0.358 e. The molecule has 1 aliphatic heterocycles. The number of nitrogens with zero attached hydrogens (tertiary/aromatic N) is 1. The van der Waals surface area contributed by atoms with Gasteiger partial charge in [-0.1, -0.05) is 13.8 Å². The minimum absolute atomic E-state index is 0.159. The van der Waals surface area contributed by atoms with Crippen LogP contribution in [0.15, 0.2) is 24.3 Å². The summed E-state index contributed by atoms with van der Waals surface area (Å²) in [6.45, 7) is 9.23. The Hall–Kier alpha value is -2.93. The van der Waals surface area contributed by atoms with E-state index < -0.39 is 5.82 Å². The Morgan fingerprint density at radius 3 is 2.71 bits per heavy atom. The molecule has 3 rings (SSSR count). The summed E-state index contributed by atoms with van der Waals surface area (Å²) in [5.41, 5.74) is 3.32. The van der Waals surface area contributed by atoms with Crippen molar-refractivity contribution in [2.45, 2.75) is 20.8 Å². The van der Waals surface area contributed by atoms with Crippen LogP contribution in [0.1, 0.15) is 41.2 Å². The monoisotopic (exact) mass is 384 g/mol. The topological polar surface area (TPSA) is 77.2 Å². The SMILES string of the molecule is CCN(CC)CCNC(=O)c1cc(/C=C2\C(=O)Nc3ccc(F)cc32)[nH]c1C. The number of hydrogen-bond donors (Lipinski definition) is 3. The second-order valence-corrected chi connectivity index (χ2v) is 6.75. The molecule has 148 valence electrons. The molecule has 1 aromatic carbocycles. The number of rotatable bonds is 7. The van der Waals surface area contributed by atoms with Gasteiger partial charge in [-0.2, -0.15) is 0 Å². The molecule has 0 saturated heterocycles. The van der Waals surface area contributed by atoms with E-state index in [1.165, 1.54) is 18.2 Å². The number of aromatic amines is 1. The molecule has 1 aliphatic rings. The Kier molecular flexibility index (Phi) is 5.94. The third-order valence-electron chi connectivity index (χ3n) is 4.95. The average Bonchev–Trinajstić information content (AvgIpc) is 3.19. The van der Waals surface area contributed by atoms with Gasteiger partial charge in [0.2, 0.25) is 0 Å². The largest absolute Gasteiger partial charge is 0.358 e. The standard InChI is InChI=1S/C21H25FN4O2/c1-4-26(5-2)9-8-23-20(27)16-11-15(24-13(16)3)12-18-17-10-14(22)6-7-19(17)25-21(18)28/h6-7,10-12,24H,4-5,8-9H2,1-3H3,(H,23,27)(H,25,28)/b18-12-. The van der Waals surface area contributed by atoms with E-state index >= 15 is 0 Å². The van der Waals surface area contributed by atoms with Crippen molar-refractivity contribution in [2.75, 3.05) is 31.5 Å². The number of halogens is 1. The van der Waals surface area contributed by atoms with E-state index in [1.54, 1.807) is 12.1 Å². The van der Waals surface area contributed by atoms with Gasteiger partial charge in [-0.3, -0.25) is 9.59 Å². The van der Waals surface area contributed by atoms with Gasteiger partial charge in [-0.15, -0.1) is 0 Å². The fourth-order valence-corrected chi connectivity index (χ4v) is 3.32. The van der Waals surface area contributed by atoms with Crippen molar-refractivity contribution in [3.05, 3.63) is 52.6 Å². The van der Waals surface area contributed by atoms with Crippen LogP contribution in [0.3, 0.4) is 0 Å². The lowest BCUT2D eigenvalue weighted by molar-refractivity contribution is -0.110. The summed E-state index contributed by atoms with van der Waals surface area (Å²) in [6, 6.07) is 5.88. The Morgan fingerprint density at radius 2 is 2.00 bits per heavy atom. The Balaban J connectivity index is 1.76. The number of fused-ring (bicyclic) bond motifs is 1. The van der Waals surface area contributed by atoms with Gasteiger partial charge in [-0.05, 0) is 50.4 Å². The highest BCUT2D eigenvalue weighted by molar-refractivity contribution is 6.34. The van der Waals surface area contributed by atoms with E-state index in [9.17, 15) is 14.0 Å². The van der Waals surface area contributed by atoms with Gasteiger partial charge in [0.05, 0.1) is 11.1 Å². The lowest BCUT2D eigenvalue weighted by Crippen LogP contribution is -2.34. The van der Waals surface area contributed by atoms with Crippen molar-refractivity contribution < 1.29 is 14.0 Å². The molecule has 0 bridgehead atoms. The van der Waals surface area contributed by atoms with Crippen LogP contribution in [-0.2, 0) is 4.79 Å². The minimum atomic E-state index is -0.405. The van der Waals surface area contributed by atoms with Gasteiger partial charge in [0.25, 0.3) is 11.8 Å². The quantitative estimate of drug-likeness (QED) is 0.642. The zero-order valence-corrected chi connectivity index (χ0v) is 16.4. The second-order valence-electron chi connectivity index (χ2n) is 6.75. The van der Waals surface area contributed by atoms with E-state index in [1.807, 2.05) is 6.92 Å². The summed E-state index contributed by atoms with van der Waals surface area (Å²) in [5, 5.41) is 5.64. The van der Waals surface area contributed by atoms with Crippen molar-refractivity contribution in [2.24, 2.45) is 0 Å². The van der Waals surface area contributed by atoms with Crippen molar-refractivity contribution in [1.82, 2.24) is 15.2 Å². The highest BCUT2D eigenvalue weighted by atomic mass is 19.1. The van der Waals surface area contributed by atoms with Crippen LogP contribution in [0.2, 0.25) is 0 Å². The van der Waals surface area contributed by atoms with E-state index in [0.29, 0.717) is 40.3 Å². The number of anilines is 1. The molecule has 0 unspecified atom stereocenters. The molecule has 2 heterocycles. The Labute approximate surface area is 163 Å². The first-order valence-corrected chi connectivity index (χ1v) is 9.46. The van der Waals surface area contributed by atoms with Crippen LogP contribution in [-0.4, -0.2) is 47.9 Å². The van der Waals surface area contributed by atoms with Crippen molar-refractivity contribution in [3.8, 4) is 0 Å². The maximum Gasteiger partial charge on any atom is 0.256 e. The smallest absolute Gasteiger partial charge is 0.256 e. The maximum atomic E-state index is 13.6. The van der Waals surface area contributed by atoms with Crippen molar-refractivity contribution >= 4 is 29.2 Å². The first kappa shape index (κ1) is 19.8. The maximum absolute atomic E-state index is 13.6. The van der Waals surface area contributed by atoms with Crippen LogP contribution >= 0.6 is 0 Å². The lowest BCUT2D eigenvalue weighted by Gasteiger charge is -2.17. The van der Waals surface area contributed by atoms with E-state index in [0.717, 1.165) is 19.6 Å². The fraction of sp³-hybridized carbons (Fsp3) is 0.333. The highest BCUT2D eigenvalue weighted by Gasteiger charge is 2.25. The number of hydrogen-bond acceptors (Lipinski definition) is 3. The van der Waals surface area contributed by atoms with Crippen molar-refractivity contribution in [3.63, 3.8) is 0 Å². The Bertz CT molecular complexity index is 928. The predicted octanol–water partition coefficient (Wildman–Crippen LogP) is 3.03. The first-order chi connectivity index (χ1) is 13.4. The molecule has 2 aromatic rings. The van der Waals surface area contributed by atoms with Crippen LogP contribution in [0.5, 0.6) is 0 Å². The molecule has 0 aliphatic carbocycles. The number of nitrogens with one attached hydrogen (secondary N) is 3. The van der Waals surface area contributed by atoms with E-state index in [-0.39, 0.29) is 11.8 Å². The van der Waals surface area contributed by atoms with E-state index in [4.69, 9.17) is 0 Å². The first-order valence-electron chi connectivity index (χ1n) is 9.46. The lowest BCUT2D eigenvalue weighted by atomic mass is 10.1. The molecule has 1 aromatic heterocycles. The molecular weight excluding hydrogens is 359 g/mol. The summed E-state index contributed by atoms with van der Waals surface area (Å²) in [5.74, 6) is -0.858. The average molecular weight is 384 g/mol. The summed E-state index contributed by atoms with van der Waals surface area (Å²) < 4.78 is 13.6. The van der Waals surface area contributed by atoms with Gasteiger partial charge in [0.1, 0.15) is 5.82 Å².